The van der Waals surface area contributed by atoms with Crippen molar-refractivity contribution in [2.75, 3.05) is 18.4 Å². The number of urea groups is 1. The summed E-state index contributed by atoms with van der Waals surface area (Å²) in [5.41, 5.74) is 0.848. The van der Waals surface area contributed by atoms with Crippen LogP contribution in [0.4, 0.5) is 19.3 Å². The molecule has 4 rings (SSSR count). The zero-order valence-corrected chi connectivity index (χ0v) is 18.1. The number of hydrogen-bond acceptors (Lipinski definition) is 4. The van der Waals surface area contributed by atoms with E-state index in [0.717, 1.165) is 22.6 Å². The molecule has 0 saturated carbocycles. The number of hydrogen-bond donors (Lipinski definition) is 1. The van der Waals surface area contributed by atoms with Crippen LogP contribution in [0.1, 0.15) is 12.8 Å². The van der Waals surface area contributed by atoms with E-state index in [4.69, 9.17) is 0 Å². The fourth-order valence-electron chi connectivity index (χ4n) is 3.60. The van der Waals surface area contributed by atoms with Gasteiger partial charge < -0.3 is 10.2 Å². The van der Waals surface area contributed by atoms with Gasteiger partial charge in [-0.15, -0.1) is 11.3 Å². The maximum atomic E-state index is 13.8. The van der Waals surface area contributed by atoms with Gasteiger partial charge in [0.2, 0.25) is 0 Å². The predicted molar refractivity (Wildman–Crippen MR) is 117 cm³/mol. The lowest BCUT2D eigenvalue weighted by atomic mass is 10.1. The van der Waals surface area contributed by atoms with Gasteiger partial charge in [-0.3, -0.25) is 0 Å². The molecular weight excluding hydrogens is 442 g/mol. The van der Waals surface area contributed by atoms with Crippen molar-refractivity contribution in [3.8, 4) is 10.4 Å². The molecule has 162 valence electrons. The van der Waals surface area contributed by atoms with Crippen LogP contribution in [0.2, 0.25) is 0 Å². The molecule has 0 spiro atoms. The molecule has 0 bridgehead atoms. The predicted octanol–water partition coefficient (Wildman–Crippen LogP) is 5.16. The summed E-state index contributed by atoms with van der Waals surface area (Å²) in [6.07, 6.45) is 0.572. The number of carbonyl (C=O) groups is 1. The number of nitrogens with zero attached hydrogens (tertiary/aromatic N) is 1. The fraction of sp³-hybridized carbons (Fsp3) is 0.227. The Morgan fingerprint density at radius 2 is 1.74 bits per heavy atom. The quantitative estimate of drug-likeness (QED) is 0.582. The van der Waals surface area contributed by atoms with Gasteiger partial charge in [0.25, 0.3) is 0 Å². The Hall–Kier alpha value is -2.78. The lowest BCUT2D eigenvalue weighted by molar-refractivity contribution is 0.200. The van der Waals surface area contributed by atoms with E-state index in [2.05, 4.69) is 5.32 Å². The number of benzene rings is 2. The normalized spacial score (nSPS) is 15.1. The summed E-state index contributed by atoms with van der Waals surface area (Å²) in [6, 6.07) is 13.1. The first kappa shape index (κ1) is 21.5. The number of halogens is 2. The molecule has 1 fully saturated rings. The van der Waals surface area contributed by atoms with Crippen molar-refractivity contribution in [2.24, 2.45) is 0 Å². The summed E-state index contributed by atoms with van der Waals surface area (Å²) in [7, 11) is -3.52. The number of thiophene rings is 1. The topological polar surface area (TPSA) is 66.5 Å². The van der Waals surface area contributed by atoms with E-state index in [0.29, 0.717) is 6.07 Å². The first-order chi connectivity index (χ1) is 14.8. The summed E-state index contributed by atoms with van der Waals surface area (Å²) in [5.74, 6) is -1.60. The van der Waals surface area contributed by atoms with Crippen LogP contribution < -0.4 is 5.32 Å². The van der Waals surface area contributed by atoms with Crippen molar-refractivity contribution in [1.29, 1.82) is 0 Å². The maximum Gasteiger partial charge on any atom is 0.321 e. The van der Waals surface area contributed by atoms with Crippen LogP contribution in [-0.2, 0) is 9.84 Å². The molecule has 1 aliphatic heterocycles. The molecule has 1 aliphatic rings. The number of amides is 2. The van der Waals surface area contributed by atoms with Crippen LogP contribution >= 0.6 is 11.3 Å². The van der Waals surface area contributed by atoms with E-state index in [9.17, 15) is 22.0 Å². The van der Waals surface area contributed by atoms with E-state index in [1.165, 1.54) is 4.90 Å². The Morgan fingerprint density at radius 3 is 2.35 bits per heavy atom. The van der Waals surface area contributed by atoms with Crippen LogP contribution in [0.3, 0.4) is 0 Å². The summed E-state index contributed by atoms with van der Waals surface area (Å²) in [5, 5.41) is 3.78. The highest BCUT2D eigenvalue weighted by Gasteiger charge is 2.33. The third kappa shape index (κ3) is 4.62. The summed E-state index contributed by atoms with van der Waals surface area (Å²) >= 11 is 1.59. The number of carbonyl (C=O) groups excluding carboxylic acids is 1. The molecule has 0 atom stereocenters. The molecule has 1 aromatic heterocycles. The largest absolute Gasteiger partial charge is 0.324 e. The molecular formula is C22H20F2N2O3S2. The second-order valence-corrected chi connectivity index (χ2v) is 10.5. The third-order valence-electron chi connectivity index (χ3n) is 5.33. The molecule has 1 saturated heterocycles. The first-order valence-corrected chi connectivity index (χ1v) is 12.2. The van der Waals surface area contributed by atoms with E-state index < -0.39 is 32.8 Å². The molecule has 5 nitrogen and oxygen atoms in total. The molecule has 3 aromatic rings. The molecule has 1 N–H and O–H groups in total. The van der Waals surface area contributed by atoms with Gasteiger partial charge in [-0.1, -0.05) is 18.2 Å². The summed E-state index contributed by atoms with van der Waals surface area (Å²) < 4.78 is 52.8. The number of likely N-dealkylation sites (tertiary alicyclic amines) is 1. The molecule has 2 heterocycles. The standard InChI is InChI=1S/C22H20F2N2O3S2/c23-16-5-8-20(19(24)14-16)25-22(27)26-11-9-18(10-12-26)31(28,29)17-6-3-15(4-7-17)21-2-1-13-30-21/h1-8,13-14,18H,9-12H2,(H,25,27). The minimum absolute atomic E-state index is 0.119. The van der Waals surface area contributed by atoms with E-state index in [1.54, 1.807) is 35.6 Å². The molecule has 0 aliphatic carbocycles. The minimum atomic E-state index is -3.52. The number of nitrogens with one attached hydrogen (secondary N) is 1. The Morgan fingerprint density at radius 1 is 1.03 bits per heavy atom. The second-order valence-electron chi connectivity index (χ2n) is 7.29. The van der Waals surface area contributed by atoms with Crippen molar-refractivity contribution >= 4 is 32.9 Å². The Bertz CT molecular complexity index is 1170. The zero-order chi connectivity index (χ0) is 22.0. The van der Waals surface area contributed by atoms with Crippen molar-refractivity contribution in [1.82, 2.24) is 4.90 Å². The molecule has 2 aromatic carbocycles. The molecule has 0 unspecified atom stereocenters. The SMILES string of the molecule is O=C(Nc1ccc(F)cc1F)N1CCC(S(=O)(=O)c2ccc(-c3cccs3)cc2)CC1. The molecule has 2 amide bonds. The average Bonchev–Trinajstić information content (AvgIpc) is 3.31. The number of rotatable bonds is 4. The zero-order valence-electron chi connectivity index (χ0n) is 16.4. The van der Waals surface area contributed by atoms with Crippen LogP contribution in [0.25, 0.3) is 10.4 Å². The molecule has 31 heavy (non-hydrogen) atoms. The monoisotopic (exact) mass is 462 g/mol. The fourth-order valence-corrected chi connectivity index (χ4v) is 6.06. The van der Waals surface area contributed by atoms with Gasteiger partial charge in [-0.2, -0.15) is 0 Å². The first-order valence-electron chi connectivity index (χ1n) is 9.73. The number of piperidine rings is 1. The van der Waals surface area contributed by atoms with Gasteiger partial charge in [-0.25, -0.2) is 22.0 Å². The van der Waals surface area contributed by atoms with Gasteiger partial charge in [0.15, 0.2) is 9.84 Å². The summed E-state index contributed by atoms with van der Waals surface area (Å²) in [6.45, 7) is 0.456. The Labute approximate surface area is 183 Å². The van der Waals surface area contributed by atoms with Crippen LogP contribution in [-0.4, -0.2) is 37.7 Å². The van der Waals surface area contributed by atoms with Crippen LogP contribution in [0, 0.1) is 11.6 Å². The number of sulfone groups is 1. The summed E-state index contributed by atoms with van der Waals surface area (Å²) in [4.78, 5) is 15.2. The van der Waals surface area contributed by atoms with Gasteiger partial charge in [-0.05, 0) is 54.1 Å². The smallest absolute Gasteiger partial charge is 0.321 e. The van der Waals surface area contributed by atoms with Gasteiger partial charge in [0.05, 0.1) is 15.8 Å². The minimum Gasteiger partial charge on any atom is -0.324 e. The highest BCUT2D eigenvalue weighted by molar-refractivity contribution is 7.92. The van der Waals surface area contributed by atoms with Gasteiger partial charge in [0, 0.05) is 24.0 Å². The highest BCUT2D eigenvalue weighted by Crippen LogP contribution is 2.29. The van der Waals surface area contributed by atoms with Crippen molar-refractivity contribution < 1.29 is 22.0 Å². The maximum absolute atomic E-state index is 13.8. The third-order valence-corrected chi connectivity index (χ3v) is 8.53. The van der Waals surface area contributed by atoms with E-state index in [1.807, 2.05) is 17.5 Å². The number of anilines is 1. The van der Waals surface area contributed by atoms with Gasteiger partial charge in [0.1, 0.15) is 11.6 Å². The highest BCUT2D eigenvalue weighted by atomic mass is 32.2. The van der Waals surface area contributed by atoms with E-state index in [-0.39, 0.29) is 36.5 Å². The van der Waals surface area contributed by atoms with Gasteiger partial charge >= 0.3 is 6.03 Å². The van der Waals surface area contributed by atoms with Crippen molar-refractivity contribution in [3.05, 3.63) is 71.6 Å². The molecule has 0 radical (unpaired) electrons. The van der Waals surface area contributed by atoms with Crippen molar-refractivity contribution in [3.63, 3.8) is 0 Å². The molecule has 9 heteroatoms. The van der Waals surface area contributed by atoms with Crippen LogP contribution in [0.15, 0.2) is 64.9 Å². The average molecular weight is 463 g/mol. The van der Waals surface area contributed by atoms with Crippen molar-refractivity contribution in [2.45, 2.75) is 23.0 Å². The Kier molecular flexibility index (Phi) is 6.06. The van der Waals surface area contributed by atoms with E-state index >= 15 is 0 Å². The Balaban J connectivity index is 1.39. The van der Waals surface area contributed by atoms with Crippen LogP contribution in [0.5, 0.6) is 0 Å². The lowest BCUT2D eigenvalue weighted by Crippen LogP contribution is -2.44. The lowest BCUT2D eigenvalue weighted by Gasteiger charge is -2.31. The second kappa shape index (κ2) is 8.76.